The minimum atomic E-state index is 0.104. The van der Waals surface area contributed by atoms with Gasteiger partial charge in [-0.3, -0.25) is 9.48 Å². The topological polar surface area (TPSA) is 34.9 Å². The summed E-state index contributed by atoms with van der Waals surface area (Å²) in [6.07, 6.45) is 0. The van der Waals surface area contributed by atoms with Crippen molar-refractivity contribution in [2.45, 2.75) is 32.3 Å². The number of benzene rings is 2. The second-order valence-corrected chi connectivity index (χ2v) is 6.91. The zero-order chi connectivity index (χ0) is 16.4. The van der Waals surface area contributed by atoms with Gasteiger partial charge in [-0.05, 0) is 37.3 Å². The zero-order valence-electron chi connectivity index (χ0n) is 13.7. The molecule has 0 aliphatic carbocycles. The summed E-state index contributed by atoms with van der Waals surface area (Å²) in [5.74, 6) is 1.07. The maximum Gasteiger partial charge on any atom is 0.184 e. The molecule has 0 saturated heterocycles. The first-order chi connectivity index (χ1) is 11.1. The minimum Gasteiger partial charge on any atom is -0.292 e. The number of aryl methyl sites for hydroxylation is 2. The highest BCUT2D eigenvalue weighted by Crippen LogP contribution is 2.27. The lowest BCUT2D eigenvalue weighted by Gasteiger charge is -2.07. The van der Waals surface area contributed by atoms with E-state index in [0.29, 0.717) is 0 Å². The molecule has 0 saturated carbocycles. The molecule has 0 amide bonds. The first-order valence-electron chi connectivity index (χ1n) is 7.79. The van der Waals surface area contributed by atoms with Crippen LogP contribution in [0.4, 0.5) is 0 Å². The van der Waals surface area contributed by atoms with Crippen molar-refractivity contribution >= 4 is 28.4 Å². The van der Waals surface area contributed by atoms with Crippen LogP contribution in [0.1, 0.15) is 28.4 Å². The van der Waals surface area contributed by atoms with Crippen LogP contribution in [0.25, 0.3) is 10.9 Å². The summed E-state index contributed by atoms with van der Waals surface area (Å²) < 4.78 is 1.83. The Bertz CT molecular complexity index is 867. The molecule has 23 heavy (non-hydrogen) atoms. The van der Waals surface area contributed by atoms with Crippen LogP contribution in [0.15, 0.2) is 47.5 Å². The quantitative estimate of drug-likeness (QED) is 0.506. The monoisotopic (exact) mass is 324 g/mol. The molecule has 0 aliphatic heterocycles. The fourth-order valence-electron chi connectivity index (χ4n) is 2.72. The van der Waals surface area contributed by atoms with Crippen molar-refractivity contribution in [3.63, 3.8) is 0 Å². The van der Waals surface area contributed by atoms with Crippen molar-refractivity contribution in [2.75, 3.05) is 5.75 Å². The number of Topliss-reactive ketones (excluding diaryl/α,β-unsaturated/α-hetero) is 1. The van der Waals surface area contributed by atoms with Crippen LogP contribution < -0.4 is 0 Å². The molecule has 0 unspecified atom stereocenters. The van der Waals surface area contributed by atoms with E-state index in [2.05, 4.69) is 18.1 Å². The summed E-state index contributed by atoms with van der Waals surface area (Å²) in [6, 6.07) is 14.1. The van der Waals surface area contributed by atoms with Gasteiger partial charge in [-0.25, -0.2) is 0 Å². The molecule has 3 rings (SSSR count). The molecule has 0 aliphatic rings. The van der Waals surface area contributed by atoms with Gasteiger partial charge in [0.25, 0.3) is 0 Å². The van der Waals surface area contributed by atoms with Gasteiger partial charge < -0.3 is 0 Å². The fraction of sp³-hybridized carbons (Fsp3) is 0.263. The fourth-order valence-corrected chi connectivity index (χ4v) is 3.48. The second kappa shape index (κ2) is 6.59. The summed E-state index contributed by atoms with van der Waals surface area (Å²) >= 11 is 1.71. The molecule has 3 nitrogen and oxygen atoms in total. The average Bonchev–Trinajstić information content (AvgIpc) is 2.88. The highest BCUT2D eigenvalue weighted by Gasteiger charge is 2.15. The Labute approximate surface area is 140 Å². The zero-order valence-corrected chi connectivity index (χ0v) is 14.5. The van der Waals surface area contributed by atoms with Crippen molar-refractivity contribution in [1.82, 2.24) is 9.78 Å². The van der Waals surface area contributed by atoms with Crippen LogP contribution in [0.3, 0.4) is 0 Å². The largest absolute Gasteiger partial charge is 0.292 e. The third-order valence-electron chi connectivity index (χ3n) is 3.89. The summed E-state index contributed by atoms with van der Waals surface area (Å²) in [4.78, 5) is 12.7. The first kappa shape index (κ1) is 15.8. The van der Waals surface area contributed by atoms with Gasteiger partial charge >= 0.3 is 0 Å². The molecule has 0 N–H and O–H groups in total. The lowest BCUT2D eigenvalue weighted by atomic mass is 10.0. The molecule has 1 heterocycles. The van der Waals surface area contributed by atoms with E-state index in [0.717, 1.165) is 38.4 Å². The third-order valence-corrected chi connectivity index (χ3v) is 4.76. The predicted octanol–water partition coefficient (Wildman–Crippen LogP) is 4.65. The van der Waals surface area contributed by atoms with Crippen LogP contribution in [-0.4, -0.2) is 21.3 Å². The molecule has 2 aromatic carbocycles. The predicted molar refractivity (Wildman–Crippen MR) is 96.4 cm³/mol. The molecule has 4 heteroatoms. The summed E-state index contributed by atoms with van der Waals surface area (Å²) in [6.45, 7) is 6.37. The Balaban J connectivity index is 1.98. The van der Waals surface area contributed by atoms with Gasteiger partial charge in [0.15, 0.2) is 5.78 Å². The van der Waals surface area contributed by atoms with Gasteiger partial charge in [-0.15, -0.1) is 11.8 Å². The number of para-hydroxylation sites is 1. The number of rotatable bonds is 5. The number of thioether (sulfide) groups is 1. The lowest BCUT2D eigenvalue weighted by molar-refractivity contribution is 0.0968. The number of carbonyl (C=O) groups is 1. The Kier molecular flexibility index (Phi) is 4.53. The SMILES string of the molecule is CCSc1nn(CC(=O)c2cc(C)ccc2C)c2ccccc12. The molecule has 118 valence electrons. The van der Waals surface area contributed by atoms with Crippen molar-refractivity contribution < 1.29 is 4.79 Å². The molecular formula is C19H20N2OS. The Morgan fingerprint density at radius 1 is 1.17 bits per heavy atom. The van der Waals surface area contributed by atoms with Gasteiger partial charge in [-0.2, -0.15) is 5.10 Å². The molecule has 1 aromatic heterocycles. The normalized spacial score (nSPS) is 11.1. The molecule has 3 aromatic rings. The number of aromatic nitrogens is 2. The van der Waals surface area contributed by atoms with E-state index < -0.39 is 0 Å². The summed E-state index contributed by atoms with van der Waals surface area (Å²) in [7, 11) is 0. The molecular weight excluding hydrogens is 304 g/mol. The van der Waals surface area contributed by atoms with E-state index in [1.54, 1.807) is 11.8 Å². The van der Waals surface area contributed by atoms with E-state index in [1.807, 2.05) is 54.9 Å². The van der Waals surface area contributed by atoms with E-state index in [-0.39, 0.29) is 12.3 Å². The highest BCUT2D eigenvalue weighted by molar-refractivity contribution is 7.99. The lowest BCUT2D eigenvalue weighted by Crippen LogP contribution is -2.13. The summed E-state index contributed by atoms with van der Waals surface area (Å²) in [5.41, 5.74) is 3.92. The smallest absolute Gasteiger partial charge is 0.184 e. The van der Waals surface area contributed by atoms with Crippen molar-refractivity contribution in [2.24, 2.45) is 0 Å². The van der Waals surface area contributed by atoms with E-state index in [9.17, 15) is 4.79 Å². The number of nitrogens with zero attached hydrogens (tertiary/aromatic N) is 2. The molecule has 0 bridgehead atoms. The van der Waals surface area contributed by atoms with Gasteiger partial charge in [0.2, 0.25) is 0 Å². The van der Waals surface area contributed by atoms with E-state index in [4.69, 9.17) is 0 Å². The van der Waals surface area contributed by atoms with Crippen LogP contribution in [0, 0.1) is 13.8 Å². The number of carbonyl (C=O) groups excluding carboxylic acids is 1. The number of ketones is 1. The van der Waals surface area contributed by atoms with Crippen LogP contribution in [0.5, 0.6) is 0 Å². The van der Waals surface area contributed by atoms with Crippen molar-refractivity contribution in [3.8, 4) is 0 Å². The number of fused-ring (bicyclic) bond motifs is 1. The average molecular weight is 324 g/mol. The Morgan fingerprint density at radius 3 is 2.74 bits per heavy atom. The maximum atomic E-state index is 12.7. The highest BCUT2D eigenvalue weighted by atomic mass is 32.2. The van der Waals surface area contributed by atoms with Gasteiger partial charge in [0.05, 0.1) is 5.52 Å². The van der Waals surface area contributed by atoms with Gasteiger partial charge in [0.1, 0.15) is 11.6 Å². The third kappa shape index (κ3) is 3.17. The summed E-state index contributed by atoms with van der Waals surface area (Å²) in [5, 5.41) is 6.77. The van der Waals surface area contributed by atoms with Crippen LogP contribution >= 0.6 is 11.8 Å². The molecule has 0 radical (unpaired) electrons. The number of hydrogen-bond donors (Lipinski definition) is 0. The molecule has 0 atom stereocenters. The van der Waals surface area contributed by atoms with Crippen LogP contribution in [0.2, 0.25) is 0 Å². The van der Waals surface area contributed by atoms with Crippen LogP contribution in [-0.2, 0) is 6.54 Å². The Hall–Kier alpha value is -2.07. The van der Waals surface area contributed by atoms with E-state index >= 15 is 0 Å². The minimum absolute atomic E-state index is 0.104. The first-order valence-corrected chi connectivity index (χ1v) is 8.77. The second-order valence-electron chi connectivity index (χ2n) is 5.65. The van der Waals surface area contributed by atoms with Gasteiger partial charge in [-0.1, -0.05) is 42.8 Å². The molecule has 0 spiro atoms. The standard InChI is InChI=1S/C19H20N2OS/c1-4-23-19-15-7-5-6-8-17(15)21(20-19)12-18(22)16-11-13(2)9-10-14(16)3/h5-11H,4,12H2,1-3H3. The van der Waals surface area contributed by atoms with Gasteiger partial charge in [0, 0.05) is 10.9 Å². The maximum absolute atomic E-state index is 12.7. The van der Waals surface area contributed by atoms with E-state index in [1.165, 1.54) is 0 Å². The number of hydrogen-bond acceptors (Lipinski definition) is 3. The Morgan fingerprint density at radius 2 is 1.96 bits per heavy atom. The van der Waals surface area contributed by atoms with Crippen molar-refractivity contribution in [3.05, 3.63) is 59.2 Å². The van der Waals surface area contributed by atoms with Crippen molar-refractivity contribution in [1.29, 1.82) is 0 Å². The molecule has 0 fully saturated rings.